The molecule has 3 aromatic carbocycles. The molecule has 0 radical (unpaired) electrons. The number of allylic oxidation sites excluding steroid dienone is 1. The van der Waals surface area contributed by atoms with Gasteiger partial charge in [-0.1, -0.05) is 54.6 Å². The van der Waals surface area contributed by atoms with Crippen molar-refractivity contribution in [1.82, 2.24) is 0 Å². The first-order chi connectivity index (χ1) is 16.8. The van der Waals surface area contributed by atoms with Crippen LogP contribution in [0.15, 0.2) is 60.7 Å². The highest BCUT2D eigenvalue weighted by molar-refractivity contribution is 5.84. The van der Waals surface area contributed by atoms with Gasteiger partial charge in [-0.05, 0) is 78.8 Å². The maximum atomic E-state index is 10.2. The van der Waals surface area contributed by atoms with Gasteiger partial charge in [-0.2, -0.15) is 5.26 Å². The summed E-state index contributed by atoms with van der Waals surface area (Å²) in [6.07, 6.45) is 3.98. The Morgan fingerprint density at radius 2 is 1.80 bits per heavy atom. The average molecular weight is 468 g/mol. The summed E-state index contributed by atoms with van der Waals surface area (Å²) in [6, 6.07) is 22.5. The molecule has 1 heterocycles. The third-order valence-electron chi connectivity index (χ3n) is 6.67. The molecule has 1 aliphatic rings. The van der Waals surface area contributed by atoms with E-state index < -0.39 is 5.60 Å². The van der Waals surface area contributed by atoms with Crippen LogP contribution < -0.4 is 4.74 Å². The van der Waals surface area contributed by atoms with E-state index in [2.05, 4.69) is 56.3 Å². The van der Waals surface area contributed by atoms with E-state index >= 15 is 0 Å². The van der Waals surface area contributed by atoms with Gasteiger partial charge in [0, 0.05) is 12.8 Å². The van der Waals surface area contributed by atoms with Gasteiger partial charge >= 0.3 is 0 Å². The number of aliphatic hydroxyl groups is 1. The highest BCUT2D eigenvalue weighted by Gasteiger charge is 2.18. The van der Waals surface area contributed by atoms with E-state index in [0.717, 1.165) is 51.8 Å². The number of benzene rings is 3. The average Bonchev–Trinajstić information content (AvgIpc) is 2.86. The molecule has 180 valence electrons. The van der Waals surface area contributed by atoms with Crippen molar-refractivity contribution in [3.05, 3.63) is 88.5 Å². The summed E-state index contributed by atoms with van der Waals surface area (Å²) in [5.74, 6) is 0.641. The summed E-state index contributed by atoms with van der Waals surface area (Å²) >= 11 is 0. The maximum Gasteiger partial charge on any atom is 0.137 e. The lowest BCUT2D eigenvalue weighted by atomic mass is 9.92. The highest BCUT2D eigenvalue weighted by atomic mass is 16.5. The number of ether oxygens (including phenoxy) is 2. The van der Waals surface area contributed by atoms with E-state index in [1.54, 1.807) is 13.8 Å². The molecule has 1 fully saturated rings. The van der Waals surface area contributed by atoms with Gasteiger partial charge in [0.25, 0.3) is 0 Å². The monoisotopic (exact) mass is 467 g/mol. The second kappa shape index (κ2) is 10.5. The number of nitriles is 1. The summed E-state index contributed by atoms with van der Waals surface area (Å²) in [4.78, 5) is 0. The molecule has 4 rings (SSSR count). The summed E-state index contributed by atoms with van der Waals surface area (Å²) in [5, 5.41) is 20.0. The van der Waals surface area contributed by atoms with Gasteiger partial charge in [-0.15, -0.1) is 0 Å². The molecule has 4 heteroatoms. The predicted octanol–water partition coefficient (Wildman–Crippen LogP) is 6.88. The Bertz CT molecular complexity index is 1250. The Balaban J connectivity index is 1.61. The number of hydrogen-bond donors (Lipinski definition) is 1. The van der Waals surface area contributed by atoms with Gasteiger partial charge in [0.1, 0.15) is 17.9 Å². The van der Waals surface area contributed by atoms with Crippen LogP contribution in [0, 0.1) is 18.3 Å². The normalized spacial score (nSPS) is 15.0. The molecule has 0 unspecified atom stereocenters. The van der Waals surface area contributed by atoms with E-state index in [1.807, 2.05) is 30.3 Å². The highest BCUT2D eigenvalue weighted by Crippen LogP contribution is 2.32. The SMILES string of the molecule is C/C(=C\c1cccc(-c2ccc(OC3CCOCC3)c(C#N)c2)c1C)c1ccc(C(C)(C)O)cc1. The van der Waals surface area contributed by atoms with Crippen LogP contribution in [0.3, 0.4) is 0 Å². The minimum Gasteiger partial charge on any atom is -0.489 e. The second-order valence-electron chi connectivity index (χ2n) is 9.74. The number of hydrogen-bond acceptors (Lipinski definition) is 4. The van der Waals surface area contributed by atoms with Crippen LogP contribution in [0.25, 0.3) is 22.8 Å². The maximum absolute atomic E-state index is 10.2. The van der Waals surface area contributed by atoms with Gasteiger partial charge in [-0.25, -0.2) is 0 Å². The fourth-order valence-electron chi connectivity index (χ4n) is 4.44. The van der Waals surface area contributed by atoms with Crippen molar-refractivity contribution in [3.8, 4) is 22.9 Å². The molecule has 1 aliphatic heterocycles. The molecule has 0 atom stereocenters. The smallest absolute Gasteiger partial charge is 0.137 e. The van der Waals surface area contributed by atoms with Gasteiger partial charge in [0.2, 0.25) is 0 Å². The summed E-state index contributed by atoms with van der Waals surface area (Å²) < 4.78 is 11.5. The van der Waals surface area contributed by atoms with Crippen molar-refractivity contribution >= 4 is 11.6 Å². The first kappa shape index (κ1) is 24.7. The molecule has 0 aromatic heterocycles. The Labute approximate surface area is 208 Å². The van der Waals surface area contributed by atoms with Crippen LogP contribution in [0.2, 0.25) is 0 Å². The van der Waals surface area contributed by atoms with E-state index in [-0.39, 0.29) is 6.10 Å². The van der Waals surface area contributed by atoms with Gasteiger partial charge in [0.05, 0.1) is 24.4 Å². The molecule has 0 amide bonds. The van der Waals surface area contributed by atoms with Gasteiger partial charge < -0.3 is 14.6 Å². The van der Waals surface area contributed by atoms with Crippen LogP contribution in [0.4, 0.5) is 0 Å². The number of rotatable bonds is 6. The third-order valence-corrected chi connectivity index (χ3v) is 6.67. The first-order valence-corrected chi connectivity index (χ1v) is 12.2. The van der Waals surface area contributed by atoms with Crippen molar-refractivity contribution in [2.24, 2.45) is 0 Å². The molecule has 0 aliphatic carbocycles. The zero-order valence-corrected chi connectivity index (χ0v) is 21.0. The van der Waals surface area contributed by atoms with E-state index in [9.17, 15) is 10.4 Å². The molecule has 1 saturated heterocycles. The van der Waals surface area contributed by atoms with E-state index in [1.165, 1.54) is 0 Å². The molecular weight excluding hydrogens is 434 g/mol. The van der Waals surface area contributed by atoms with Crippen LogP contribution in [0.5, 0.6) is 5.75 Å². The van der Waals surface area contributed by atoms with Crippen LogP contribution >= 0.6 is 0 Å². The van der Waals surface area contributed by atoms with Crippen LogP contribution in [0.1, 0.15) is 61.4 Å². The Hall–Kier alpha value is -3.39. The van der Waals surface area contributed by atoms with E-state index in [4.69, 9.17) is 9.47 Å². The topological polar surface area (TPSA) is 62.5 Å². The molecule has 0 spiro atoms. The fourth-order valence-corrected chi connectivity index (χ4v) is 4.44. The van der Waals surface area contributed by atoms with Crippen molar-refractivity contribution < 1.29 is 14.6 Å². The van der Waals surface area contributed by atoms with Gasteiger partial charge in [-0.3, -0.25) is 0 Å². The van der Waals surface area contributed by atoms with Crippen LogP contribution in [-0.2, 0) is 10.3 Å². The van der Waals surface area contributed by atoms with Crippen molar-refractivity contribution in [1.29, 1.82) is 5.26 Å². The predicted molar refractivity (Wildman–Crippen MR) is 141 cm³/mol. The zero-order valence-electron chi connectivity index (χ0n) is 21.0. The Kier molecular flexibility index (Phi) is 7.40. The lowest BCUT2D eigenvalue weighted by molar-refractivity contribution is 0.0254. The quantitative estimate of drug-likeness (QED) is 0.401. The second-order valence-corrected chi connectivity index (χ2v) is 9.74. The molecule has 3 aromatic rings. The number of nitrogens with zero attached hydrogens (tertiary/aromatic N) is 1. The fraction of sp³-hybridized carbons (Fsp3) is 0.323. The Morgan fingerprint density at radius 3 is 2.46 bits per heavy atom. The standard InChI is InChI=1S/C31H33NO3/c1-21(23-8-11-27(12-9-23)31(3,4)33)18-24-6-5-7-29(22(24)2)25-10-13-30(26(19-25)20-32)35-28-14-16-34-17-15-28/h5-13,18-19,28,33H,14-17H2,1-4H3/b21-18+. The third kappa shape index (κ3) is 5.82. The van der Waals surface area contributed by atoms with Gasteiger partial charge in [0.15, 0.2) is 0 Å². The van der Waals surface area contributed by atoms with Crippen molar-refractivity contribution in [3.63, 3.8) is 0 Å². The molecule has 35 heavy (non-hydrogen) atoms. The molecular formula is C31H33NO3. The summed E-state index contributed by atoms with van der Waals surface area (Å²) in [5.41, 5.74) is 7.24. The van der Waals surface area contributed by atoms with Crippen molar-refractivity contribution in [2.75, 3.05) is 13.2 Å². The Morgan fingerprint density at radius 1 is 1.09 bits per heavy atom. The molecule has 4 nitrogen and oxygen atoms in total. The molecule has 0 bridgehead atoms. The lowest BCUT2D eigenvalue weighted by Crippen LogP contribution is -2.26. The summed E-state index contributed by atoms with van der Waals surface area (Å²) in [7, 11) is 0. The van der Waals surface area contributed by atoms with Crippen molar-refractivity contribution in [2.45, 2.75) is 52.2 Å². The molecule has 1 N–H and O–H groups in total. The first-order valence-electron chi connectivity index (χ1n) is 12.2. The lowest BCUT2D eigenvalue weighted by Gasteiger charge is -2.24. The minimum absolute atomic E-state index is 0.0948. The molecule has 0 saturated carbocycles. The summed E-state index contributed by atoms with van der Waals surface area (Å²) in [6.45, 7) is 9.20. The zero-order chi connectivity index (χ0) is 25.0. The minimum atomic E-state index is -0.852. The largest absolute Gasteiger partial charge is 0.489 e. The van der Waals surface area contributed by atoms with E-state index in [0.29, 0.717) is 24.5 Å². The van der Waals surface area contributed by atoms with Crippen LogP contribution in [-0.4, -0.2) is 24.4 Å².